The average molecular weight is 454 g/mol. The second-order valence-corrected chi connectivity index (χ2v) is 8.84. The SMILES string of the molecule is Cc1ccc(OCc2cccc(C(=O)Nc3c(C)nn(Cc4ccccc4C)c3C)c2)c(C)c1. The van der Waals surface area contributed by atoms with Gasteiger partial charge in [0.2, 0.25) is 0 Å². The van der Waals surface area contributed by atoms with E-state index in [1.807, 2.05) is 74.0 Å². The summed E-state index contributed by atoms with van der Waals surface area (Å²) < 4.78 is 7.94. The van der Waals surface area contributed by atoms with Crippen LogP contribution in [0.25, 0.3) is 0 Å². The Balaban J connectivity index is 1.47. The average Bonchev–Trinajstić information content (AvgIpc) is 3.07. The fraction of sp³-hybridized carbons (Fsp3) is 0.241. The van der Waals surface area contributed by atoms with Gasteiger partial charge in [-0.05, 0) is 75.1 Å². The van der Waals surface area contributed by atoms with Gasteiger partial charge in [0.15, 0.2) is 0 Å². The first-order valence-electron chi connectivity index (χ1n) is 11.5. The Morgan fingerprint density at radius 2 is 1.71 bits per heavy atom. The topological polar surface area (TPSA) is 56.1 Å². The molecule has 0 aliphatic carbocycles. The number of hydrogen-bond acceptors (Lipinski definition) is 3. The summed E-state index contributed by atoms with van der Waals surface area (Å²) in [6.45, 7) is 11.2. The minimum Gasteiger partial charge on any atom is -0.489 e. The van der Waals surface area contributed by atoms with Crippen molar-refractivity contribution in [1.82, 2.24) is 9.78 Å². The lowest BCUT2D eigenvalue weighted by atomic mass is 10.1. The van der Waals surface area contributed by atoms with E-state index in [0.717, 1.165) is 34.0 Å². The van der Waals surface area contributed by atoms with Crippen molar-refractivity contribution in [1.29, 1.82) is 0 Å². The summed E-state index contributed by atoms with van der Waals surface area (Å²) in [5.41, 5.74) is 8.76. The zero-order valence-electron chi connectivity index (χ0n) is 20.5. The van der Waals surface area contributed by atoms with E-state index < -0.39 is 0 Å². The number of benzene rings is 3. The molecule has 0 radical (unpaired) electrons. The number of carbonyl (C=O) groups is 1. The van der Waals surface area contributed by atoms with Gasteiger partial charge in [-0.1, -0.05) is 54.1 Å². The second-order valence-electron chi connectivity index (χ2n) is 8.84. The van der Waals surface area contributed by atoms with E-state index in [9.17, 15) is 4.79 Å². The van der Waals surface area contributed by atoms with Crippen molar-refractivity contribution in [2.24, 2.45) is 0 Å². The molecule has 0 unspecified atom stereocenters. The molecule has 1 heterocycles. The van der Waals surface area contributed by atoms with E-state index in [2.05, 4.69) is 42.5 Å². The molecule has 0 fully saturated rings. The predicted octanol–water partition coefficient (Wildman–Crippen LogP) is 6.30. The van der Waals surface area contributed by atoms with Crippen LogP contribution >= 0.6 is 0 Å². The number of aryl methyl sites for hydroxylation is 4. The fourth-order valence-corrected chi connectivity index (χ4v) is 4.09. The first-order chi connectivity index (χ1) is 16.3. The zero-order chi connectivity index (χ0) is 24.2. The summed E-state index contributed by atoms with van der Waals surface area (Å²) in [5, 5.41) is 7.74. The van der Waals surface area contributed by atoms with Crippen LogP contribution in [-0.4, -0.2) is 15.7 Å². The molecule has 0 saturated carbocycles. The van der Waals surface area contributed by atoms with E-state index in [-0.39, 0.29) is 5.91 Å². The fourth-order valence-electron chi connectivity index (χ4n) is 4.09. The smallest absolute Gasteiger partial charge is 0.255 e. The van der Waals surface area contributed by atoms with Gasteiger partial charge in [0, 0.05) is 5.56 Å². The highest BCUT2D eigenvalue weighted by Crippen LogP contribution is 2.23. The molecule has 0 spiro atoms. The minimum absolute atomic E-state index is 0.157. The largest absolute Gasteiger partial charge is 0.489 e. The van der Waals surface area contributed by atoms with Crippen LogP contribution in [0.4, 0.5) is 5.69 Å². The molecule has 0 atom stereocenters. The van der Waals surface area contributed by atoms with Gasteiger partial charge in [0.1, 0.15) is 12.4 Å². The van der Waals surface area contributed by atoms with E-state index >= 15 is 0 Å². The molecule has 1 amide bonds. The van der Waals surface area contributed by atoms with Crippen molar-refractivity contribution < 1.29 is 9.53 Å². The first-order valence-corrected chi connectivity index (χ1v) is 11.5. The van der Waals surface area contributed by atoms with Gasteiger partial charge in [-0.25, -0.2) is 0 Å². The summed E-state index contributed by atoms with van der Waals surface area (Å²) in [6, 6.07) is 21.9. The van der Waals surface area contributed by atoms with Crippen molar-refractivity contribution >= 4 is 11.6 Å². The number of nitrogens with zero attached hydrogens (tertiary/aromatic N) is 2. The van der Waals surface area contributed by atoms with Crippen LogP contribution in [0, 0.1) is 34.6 Å². The summed E-state index contributed by atoms with van der Waals surface area (Å²) >= 11 is 0. The summed E-state index contributed by atoms with van der Waals surface area (Å²) in [5.74, 6) is 0.697. The van der Waals surface area contributed by atoms with Gasteiger partial charge in [-0.15, -0.1) is 0 Å². The van der Waals surface area contributed by atoms with Crippen LogP contribution in [0.2, 0.25) is 0 Å². The van der Waals surface area contributed by atoms with Gasteiger partial charge >= 0.3 is 0 Å². The third-order valence-electron chi connectivity index (χ3n) is 6.12. The van der Waals surface area contributed by atoms with Gasteiger partial charge in [0.05, 0.1) is 23.6 Å². The van der Waals surface area contributed by atoms with Crippen molar-refractivity contribution in [3.05, 3.63) is 111 Å². The van der Waals surface area contributed by atoms with Crippen molar-refractivity contribution in [2.45, 2.75) is 47.8 Å². The van der Waals surface area contributed by atoms with Gasteiger partial charge in [-0.3, -0.25) is 9.48 Å². The maximum atomic E-state index is 13.1. The van der Waals surface area contributed by atoms with E-state index in [4.69, 9.17) is 4.74 Å². The van der Waals surface area contributed by atoms with Gasteiger partial charge in [0.25, 0.3) is 5.91 Å². The Bertz CT molecular complexity index is 1340. The van der Waals surface area contributed by atoms with Crippen LogP contribution in [0.15, 0.2) is 66.7 Å². The molecule has 4 aromatic rings. The second kappa shape index (κ2) is 9.96. The van der Waals surface area contributed by atoms with Crippen LogP contribution in [0.5, 0.6) is 5.75 Å². The standard InChI is InChI=1S/C29H31N3O2/c1-19-13-14-27(21(3)15-19)34-18-24-10-8-12-25(16-24)29(33)30-28-22(4)31-32(23(28)5)17-26-11-7-6-9-20(26)2/h6-16H,17-18H2,1-5H3,(H,30,33). The maximum absolute atomic E-state index is 13.1. The van der Waals surface area contributed by atoms with Gasteiger partial charge in [-0.2, -0.15) is 5.10 Å². The van der Waals surface area contributed by atoms with Crippen LogP contribution in [0.3, 0.4) is 0 Å². The lowest BCUT2D eigenvalue weighted by Gasteiger charge is -2.11. The van der Waals surface area contributed by atoms with Crippen LogP contribution < -0.4 is 10.1 Å². The summed E-state index contributed by atoms with van der Waals surface area (Å²) in [7, 11) is 0. The van der Waals surface area contributed by atoms with Crippen molar-refractivity contribution in [3.8, 4) is 5.75 Å². The summed E-state index contributed by atoms with van der Waals surface area (Å²) in [6.07, 6.45) is 0. The lowest BCUT2D eigenvalue weighted by Crippen LogP contribution is -2.14. The molecule has 5 nitrogen and oxygen atoms in total. The molecule has 1 aromatic heterocycles. The third kappa shape index (κ3) is 5.20. The molecule has 174 valence electrons. The number of anilines is 1. The Morgan fingerprint density at radius 1 is 0.912 bits per heavy atom. The molecule has 4 rings (SSSR count). The molecule has 34 heavy (non-hydrogen) atoms. The van der Waals surface area contributed by atoms with Gasteiger partial charge < -0.3 is 10.1 Å². The quantitative estimate of drug-likeness (QED) is 0.357. The molecular weight excluding hydrogens is 422 g/mol. The number of hydrogen-bond donors (Lipinski definition) is 1. The monoisotopic (exact) mass is 453 g/mol. The molecule has 0 bridgehead atoms. The Hall–Kier alpha value is -3.86. The third-order valence-corrected chi connectivity index (χ3v) is 6.12. The van der Waals surface area contributed by atoms with Crippen molar-refractivity contribution in [3.63, 3.8) is 0 Å². The van der Waals surface area contributed by atoms with Crippen molar-refractivity contribution in [2.75, 3.05) is 5.32 Å². The number of aromatic nitrogens is 2. The molecule has 0 saturated heterocycles. The van der Waals surface area contributed by atoms with E-state index in [0.29, 0.717) is 18.7 Å². The first kappa shape index (κ1) is 23.3. The Kier molecular flexibility index (Phi) is 6.82. The highest BCUT2D eigenvalue weighted by atomic mass is 16.5. The lowest BCUT2D eigenvalue weighted by molar-refractivity contribution is 0.102. The molecule has 3 aromatic carbocycles. The van der Waals surface area contributed by atoms with E-state index in [1.54, 1.807) is 0 Å². The van der Waals surface area contributed by atoms with Crippen LogP contribution in [-0.2, 0) is 13.2 Å². The zero-order valence-corrected chi connectivity index (χ0v) is 20.5. The molecule has 0 aliphatic rings. The highest BCUT2D eigenvalue weighted by Gasteiger charge is 2.16. The normalized spacial score (nSPS) is 10.9. The predicted molar refractivity (Wildman–Crippen MR) is 137 cm³/mol. The maximum Gasteiger partial charge on any atom is 0.255 e. The van der Waals surface area contributed by atoms with Crippen LogP contribution in [0.1, 0.15) is 49.6 Å². The molecule has 1 N–H and O–H groups in total. The number of carbonyl (C=O) groups excluding carboxylic acids is 1. The number of ether oxygens (including phenoxy) is 1. The Morgan fingerprint density at radius 3 is 2.47 bits per heavy atom. The molecule has 5 heteroatoms. The number of nitrogens with one attached hydrogen (secondary N) is 1. The number of rotatable bonds is 7. The number of amides is 1. The summed E-state index contributed by atoms with van der Waals surface area (Å²) in [4.78, 5) is 13.1. The Labute approximate surface area is 201 Å². The minimum atomic E-state index is -0.157. The molecule has 0 aliphatic heterocycles. The molecular formula is C29H31N3O2. The highest BCUT2D eigenvalue weighted by molar-refractivity contribution is 6.05. The van der Waals surface area contributed by atoms with E-state index in [1.165, 1.54) is 16.7 Å².